The fourth-order valence-electron chi connectivity index (χ4n) is 2.43. The molecule has 0 aliphatic heterocycles. The third kappa shape index (κ3) is 4.45. The van der Waals surface area contributed by atoms with Gasteiger partial charge in [0, 0.05) is 23.5 Å². The lowest BCUT2D eigenvalue weighted by Gasteiger charge is -2.11. The molecule has 0 spiro atoms. The molecule has 0 radical (unpaired) electrons. The first kappa shape index (κ1) is 18.5. The van der Waals surface area contributed by atoms with Crippen molar-refractivity contribution in [1.82, 2.24) is 4.98 Å². The standard InChI is InChI=1S/C17H16N4O5S/c18-9-17(4-5-17)10-27(25,26)21-15-7-11(3-6-19-15)16(24)20-12-1-2-13(22)14(23)8-12/h1-3,6-8,22-23H,4-5,10H2,(H,19,21)(H,20,24). The van der Waals surface area contributed by atoms with Crippen molar-refractivity contribution < 1.29 is 23.4 Å². The number of carbonyl (C=O) groups is 1. The average molecular weight is 388 g/mol. The van der Waals surface area contributed by atoms with Crippen molar-refractivity contribution in [3.05, 3.63) is 42.1 Å². The summed E-state index contributed by atoms with van der Waals surface area (Å²) in [5.74, 6) is -1.62. The highest BCUT2D eigenvalue weighted by Crippen LogP contribution is 2.46. The second kappa shape index (κ2) is 6.77. The van der Waals surface area contributed by atoms with Crippen molar-refractivity contribution in [3.63, 3.8) is 0 Å². The van der Waals surface area contributed by atoms with E-state index >= 15 is 0 Å². The van der Waals surface area contributed by atoms with Crippen molar-refractivity contribution >= 4 is 27.4 Å². The van der Waals surface area contributed by atoms with Gasteiger partial charge >= 0.3 is 0 Å². The van der Waals surface area contributed by atoms with Gasteiger partial charge in [-0.25, -0.2) is 13.4 Å². The van der Waals surface area contributed by atoms with Crippen LogP contribution >= 0.6 is 0 Å². The number of nitrogens with one attached hydrogen (secondary N) is 2. The molecular formula is C17H16N4O5S. The van der Waals surface area contributed by atoms with Crippen LogP contribution < -0.4 is 10.0 Å². The lowest BCUT2D eigenvalue weighted by atomic mass is 10.2. The highest BCUT2D eigenvalue weighted by molar-refractivity contribution is 7.92. The zero-order valence-corrected chi connectivity index (χ0v) is 14.8. The Bertz CT molecular complexity index is 1040. The summed E-state index contributed by atoms with van der Waals surface area (Å²) in [6.07, 6.45) is 2.36. The molecule has 2 aromatic rings. The number of phenols is 2. The lowest BCUT2D eigenvalue weighted by Crippen LogP contribution is -2.23. The van der Waals surface area contributed by atoms with E-state index in [2.05, 4.69) is 15.0 Å². The first-order chi connectivity index (χ1) is 12.7. The molecule has 1 fully saturated rings. The van der Waals surface area contributed by atoms with Gasteiger partial charge in [0.1, 0.15) is 5.82 Å². The van der Waals surface area contributed by atoms with Crippen LogP contribution in [0.2, 0.25) is 0 Å². The van der Waals surface area contributed by atoms with Crippen LogP contribution in [0.25, 0.3) is 0 Å². The quantitative estimate of drug-likeness (QED) is 0.435. The van der Waals surface area contributed by atoms with Crippen LogP contribution in [0.15, 0.2) is 36.5 Å². The largest absolute Gasteiger partial charge is 0.504 e. The average Bonchev–Trinajstić information content (AvgIpc) is 3.37. The molecule has 0 saturated heterocycles. The maximum atomic E-state index is 12.3. The summed E-state index contributed by atoms with van der Waals surface area (Å²) in [5.41, 5.74) is -0.447. The lowest BCUT2D eigenvalue weighted by molar-refractivity contribution is 0.102. The third-order valence-corrected chi connectivity index (χ3v) is 5.53. The van der Waals surface area contributed by atoms with Gasteiger partial charge in [0.2, 0.25) is 10.0 Å². The van der Waals surface area contributed by atoms with E-state index in [0.29, 0.717) is 12.8 Å². The second-order valence-electron chi connectivity index (χ2n) is 6.34. The molecule has 0 bridgehead atoms. The summed E-state index contributed by atoms with van der Waals surface area (Å²) in [4.78, 5) is 16.2. The number of carbonyl (C=O) groups excluding carboxylic acids is 1. The number of nitrogens with zero attached hydrogens (tertiary/aromatic N) is 2. The number of amides is 1. The Morgan fingerprint density at radius 1 is 1.22 bits per heavy atom. The number of nitriles is 1. The molecule has 1 aromatic heterocycles. The molecule has 1 amide bonds. The van der Waals surface area contributed by atoms with Gasteiger partial charge in [-0.05, 0) is 37.1 Å². The smallest absolute Gasteiger partial charge is 0.255 e. The van der Waals surface area contributed by atoms with E-state index in [4.69, 9.17) is 5.26 Å². The highest BCUT2D eigenvalue weighted by Gasteiger charge is 2.47. The molecule has 1 saturated carbocycles. The highest BCUT2D eigenvalue weighted by atomic mass is 32.2. The molecule has 3 rings (SSSR count). The van der Waals surface area contributed by atoms with E-state index in [-0.39, 0.29) is 34.3 Å². The number of aromatic nitrogens is 1. The molecule has 1 aliphatic carbocycles. The summed E-state index contributed by atoms with van der Waals surface area (Å²) < 4.78 is 26.7. The second-order valence-corrected chi connectivity index (χ2v) is 8.06. The zero-order valence-electron chi connectivity index (χ0n) is 14.0. The van der Waals surface area contributed by atoms with Crippen LogP contribution in [-0.2, 0) is 10.0 Å². The molecule has 4 N–H and O–H groups in total. The third-order valence-electron chi connectivity index (χ3n) is 4.07. The molecule has 1 aromatic carbocycles. The van der Waals surface area contributed by atoms with Gasteiger partial charge in [-0.3, -0.25) is 9.52 Å². The van der Waals surface area contributed by atoms with E-state index in [9.17, 15) is 23.4 Å². The minimum atomic E-state index is -3.78. The number of benzene rings is 1. The Balaban J connectivity index is 1.72. The molecular weight excluding hydrogens is 372 g/mol. The number of hydrogen-bond acceptors (Lipinski definition) is 7. The van der Waals surface area contributed by atoms with Crippen LogP contribution in [0.1, 0.15) is 23.2 Å². The molecule has 0 unspecified atom stereocenters. The minimum Gasteiger partial charge on any atom is -0.504 e. The number of aromatic hydroxyl groups is 2. The predicted octanol–water partition coefficient (Wildman–Crippen LogP) is 1.79. The summed E-state index contributed by atoms with van der Waals surface area (Å²) in [6, 6.07) is 8.47. The van der Waals surface area contributed by atoms with Gasteiger partial charge in [-0.15, -0.1) is 0 Å². The van der Waals surface area contributed by atoms with Gasteiger partial charge in [0.15, 0.2) is 11.5 Å². The number of anilines is 2. The van der Waals surface area contributed by atoms with Crippen LogP contribution in [0.5, 0.6) is 11.5 Å². The maximum absolute atomic E-state index is 12.3. The topological polar surface area (TPSA) is 152 Å². The van der Waals surface area contributed by atoms with Gasteiger partial charge in [0.05, 0.1) is 17.2 Å². The number of hydrogen-bond donors (Lipinski definition) is 4. The Hall–Kier alpha value is -3.32. The van der Waals surface area contributed by atoms with E-state index in [1.165, 1.54) is 36.5 Å². The molecule has 9 nitrogen and oxygen atoms in total. The van der Waals surface area contributed by atoms with Crippen LogP contribution in [0.4, 0.5) is 11.5 Å². The van der Waals surface area contributed by atoms with Gasteiger partial charge in [-0.2, -0.15) is 5.26 Å². The van der Waals surface area contributed by atoms with E-state index in [1.807, 2.05) is 6.07 Å². The first-order valence-electron chi connectivity index (χ1n) is 7.93. The molecule has 10 heteroatoms. The monoisotopic (exact) mass is 388 g/mol. The van der Waals surface area contributed by atoms with E-state index in [0.717, 1.165) is 0 Å². The van der Waals surface area contributed by atoms with Crippen molar-refractivity contribution in [3.8, 4) is 17.6 Å². The Kier molecular flexibility index (Phi) is 4.63. The Morgan fingerprint density at radius 3 is 2.59 bits per heavy atom. The minimum absolute atomic E-state index is 0.0371. The Labute approximate surface area is 155 Å². The summed E-state index contributed by atoms with van der Waals surface area (Å²) in [7, 11) is -3.78. The summed E-state index contributed by atoms with van der Waals surface area (Å²) >= 11 is 0. The van der Waals surface area contributed by atoms with Crippen molar-refractivity contribution in [1.29, 1.82) is 5.26 Å². The van der Waals surface area contributed by atoms with Crippen LogP contribution in [0, 0.1) is 16.7 Å². The van der Waals surface area contributed by atoms with Crippen LogP contribution in [0.3, 0.4) is 0 Å². The fourth-order valence-corrected chi connectivity index (χ4v) is 4.01. The zero-order chi connectivity index (χ0) is 19.7. The van der Waals surface area contributed by atoms with Crippen molar-refractivity contribution in [2.45, 2.75) is 12.8 Å². The van der Waals surface area contributed by atoms with Crippen molar-refractivity contribution in [2.24, 2.45) is 5.41 Å². The van der Waals surface area contributed by atoms with E-state index < -0.39 is 21.3 Å². The SMILES string of the molecule is N#CC1(CS(=O)(=O)Nc2cc(C(=O)Nc3ccc(O)c(O)c3)ccn2)CC1. The molecule has 0 atom stereocenters. The van der Waals surface area contributed by atoms with Gasteiger partial charge in [-0.1, -0.05) is 0 Å². The number of rotatable bonds is 6. The summed E-state index contributed by atoms with van der Waals surface area (Å²) in [6.45, 7) is 0. The number of phenolic OH excluding ortho intramolecular Hbond substituents is 2. The Morgan fingerprint density at radius 2 is 1.96 bits per heavy atom. The fraction of sp³-hybridized carbons (Fsp3) is 0.235. The van der Waals surface area contributed by atoms with Gasteiger partial charge in [0.25, 0.3) is 5.91 Å². The summed E-state index contributed by atoms with van der Waals surface area (Å²) in [5, 5.41) is 30.3. The molecule has 140 valence electrons. The predicted molar refractivity (Wildman–Crippen MR) is 96.7 cm³/mol. The first-order valence-corrected chi connectivity index (χ1v) is 9.58. The van der Waals surface area contributed by atoms with E-state index in [1.54, 1.807) is 0 Å². The maximum Gasteiger partial charge on any atom is 0.255 e. The number of pyridine rings is 1. The van der Waals surface area contributed by atoms with Crippen molar-refractivity contribution in [2.75, 3.05) is 15.8 Å². The number of sulfonamides is 1. The van der Waals surface area contributed by atoms with Crippen LogP contribution in [-0.4, -0.2) is 35.3 Å². The molecule has 1 aliphatic rings. The van der Waals surface area contributed by atoms with Gasteiger partial charge < -0.3 is 15.5 Å². The molecule has 27 heavy (non-hydrogen) atoms. The normalized spacial score (nSPS) is 14.8. The molecule has 1 heterocycles.